The topological polar surface area (TPSA) is 35.6 Å². The number of rotatable bonds is 6. The van der Waals surface area contributed by atoms with Crippen LogP contribution in [0.15, 0.2) is 162 Å². The van der Waals surface area contributed by atoms with Crippen LogP contribution in [0.1, 0.15) is 141 Å². The Hall–Kier alpha value is -6.83. The smallest absolute Gasteiger partial charge is 0.249 e. The summed E-state index contributed by atoms with van der Waals surface area (Å²) in [4.78, 5) is 12.4. The maximum absolute atomic E-state index is 12.7. The molecule has 2 aliphatic rings. The van der Waals surface area contributed by atoms with Gasteiger partial charge in [0.1, 0.15) is 0 Å². The molecule has 4 nitrogen and oxygen atoms in total. The van der Waals surface area contributed by atoms with Crippen molar-refractivity contribution in [2.45, 2.75) is 142 Å². The maximum atomic E-state index is 12.7. The van der Waals surface area contributed by atoms with Gasteiger partial charge in [-0.3, -0.25) is 9.37 Å². The normalized spacial score (nSPS) is 12.9. The average molecular weight is 1270 g/mol. The summed E-state index contributed by atoms with van der Waals surface area (Å²) in [5, 5.41) is 2.68. The van der Waals surface area contributed by atoms with E-state index in [0.717, 1.165) is 39.2 Å². The zero-order valence-electron chi connectivity index (χ0n) is 50.1. The molecule has 0 unspecified atom stereocenters. The molecule has 82 heavy (non-hydrogen) atoms. The second-order valence-corrected chi connectivity index (χ2v) is 27.5. The van der Waals surface area contributed by atoms with Crippen LogP contribution in [-0.4, -0.2) is 25.8 Å². The first kappa shape index (κ1) is 57.0. The van der Waals surface area contributed by atoms with Crippen molar-refractivity contribution >= 4 is 67.7 Å². The molecule has 0 aliphatic carbocycles. The Morgan fingerprint density at radius 3 is 1.90 bits per heavy atom. The maximum Gasteiger partial charge on any atom is 0.249 e. The van der Waals surface area contributed by atoms with E-state index in [1.54, 1.807) is 6.07 Å². The Balaban J connectivity index is 0.000000382. The van der Waals surface area contributed by atoms with Gasteiger partial charge in [0.15, 0.2) is 0 Å². The van der Waals surface area contributed by atoms with Crippen LogP contribution in [0.5, 0.6) is 0 Å². The van der Waals surface area contributed by atoms with Crippen LogP contribution in [0.3, 0.4) is 0 Å². The zero-order chi connectivity index (χ0) is 57.2. The fourth-order valence-corrected chi connectivity index (χ4v) is 13.3. The van der Waals surface area contributed by atoms with Crippen molar-refractivity contribution in [3.8, 4) is 45.1 Å². The number of halogens is 1. The van der Waals surface area contributed by atoms with E-state index in [4.69, 9.17) is 4.98 Å². The number of fused-ring (bicyclic) bond motifs is 8. The van der Waals surface area contributed by atoms with Gasteiger partial charge < -0.3 is 14.1 Å². The third kappa shape index (κ3) is 10.0. The van der Waals surface area contributed by atoms with Crippen molar-refractivity contribution < 1.29 is 24.5 Å². The summed E-state index contributed by atoms with van der Waals surface area (Å²) in [7, 11) is 0. The van der Waals surface area contributed by atoms with Crippen LogP contribution in [-0.2, 0) is 36.4 Å². The Morgan fingerprint density at radius 2 is 1.26 bits per heavy atom. The molecule has 8 aromatic carbocycles. The molecule has 0 fully saturated rings. The molecule has 0 bridgehead atoms. The van der Waals surface area contributed by atoms with Gasteiger partial charge in [-0.2, -0.15) is 0 Å². The standard InChI is InChI=1S/C61H61BN3S.C13H11FN.Ir/c1-35(2)43-20-17-21-44(36(3)4)56(43)65-51-28-38(22-25-49(51)63-58(65)37-18-15-14-16-19-37)39-29-52-55-54(30-39)66-53-27-24-41(60(8,9)10)33-47(53)62(55)48-34-42(61(11,12)13)32-46-45-31-40(59(5,6)7)23-26-50(45)64(52)57(46)48;1-9-7-13(15-8-10(9)2)11-3-5-12(14)6-4-11;/h14-18,20-36H,1-13H3;3,5-8H,1-2H3;/q2*-1;. The van der Waals surface area contributed by atoms with E-state index >= 15 is 0 Å². The Labute approximate surface area is 503 Å². The summed E-state index contributed by atoms with van der Waals surface area (Å²) < 4.78 is 17.8. The van der Waals surface area contributed by atoms with Crippen molar-refractivity contribution in [2.75, 3.05) is 0 Å². The molecule has 415 valence electrons. The van der Waals surface area contributed by atoms with E-state index in [0.29, 0.717) is 11.8 Å². The quantitative estimate of drug-likeness (QED) is 0.123. The summed E-state index contributed by atoms with van der Waals surface area (Å²) in [6.45, 7) is 34.5. The van der Waals surface area contributed by atoms with Gasteiger partial charge in [0.05, 0.1) is 22.4 Å². The van der Waals surface area contributed by atoms with Crippen molar-refractivity contribution in [1.82, 2.24) is 19.1 Å². The molecule has 0 atom stereocenters. The fraction of sp³-hybridized carbons (Fsp3) is 0.270. The molecule has 3 aromatic heterocycles. The average Bonchev–Trinajstić information content (AvgIpc) is 1.57. The second kappa shape index (κ2) is 21.1. The Morgan fingerprint density at radius 1 is 0.573 bits per heavy atom. The third-order valence-electron chi connectivity index (χ3n) is 16.9. The minimum absolute atomic E-state index is 0. The molecule has 2 aliphatic heterocycles. The number of hydrogen-bond acceptors (Lipinski definition) is 3. The van der Waals surface area contributed by atoms with Crippen LogP contribution < -0.4 is 16.4 Å². The Bertz CT molecular complexity index is 4270. The van der Waals surface area contributed by atoms with Gasteiger partial charge in [-0.1, -0.05) is 167 Å². The summed E-state index contributed by atoms with van der Waals surface area (Å²) >= 11 is 1.95. The van der Waals surface area contributed by atoms with Gasteiger partial charge in [0.2, 0.25) is 6.71 Å². The number of para-hydroxylation sites is 1. The number of pyridine rings is 1. The number of aryl methyl sites for hydroxylation is 2. The van der Waals surface area contributed by atoms with E-state index in [2.05, 4.69) is 225 Å². The molecule has 8 heteroatoms. The third-order valence-corrected chi connectivity index (χ3v) is 18.1. The summed E-state index contributed by atoms with van der Waals surface area (Å²) in [5.41, 5.74) is 25.6. The summed E-state index contributed by atoms with van der Waals surface area (Å²) in [6, 6.07) is 59.5. The molecule has 0 amide bonds. The first-order valence-electron chi connectivity index (χ1n) is 28.8. The van der Waals surface area contributed by atoms with Crippen LogP contribution in [0.2, 0.25) is 0 Å². The largest absolute Gasteiger partial charge is 0.333 e. The van der Waals surface area contributed by atoms with Gasteiger partial charge >= 0.3 is 0 Å². The van der Waals surface area contributed by atoms with E-state index in [1.807, 2.05) is 50.0 Å². The summed E-state index contributed by atoms with van der Waals surface area (Å²) in [6.07, 6.45) is 1.82. The van der Waals surface area contributed by atoms with E-state index in [-0.39, 0.29) is 48.9 Å². The van der Waals surface area contributed by atoms with E-state index in [9.17, 15) is 4.39 Å². The minimum Gasteiger partial charge on any atom is -0.333 e. The monoisotopic (exact) mass is 1270 g/mol. The van der Waals surface area contributed by atoms with Gasteiger partial charge in [0.25, 0.3) is 0 Å². The molecular weight excluding hydrogens is 1200 g/mol. The van der Waals surface area contributed by atoms with Crippen molar-refractivity contribution in [3.63, 3.8) is 0 Å². The number of aromatic nitrogens is 4. The summed E-state index contributed by atoms with van der Waals surface area (Å²) in [5.74, 6) is 1.29. The van der Waals surface area contributed by atoms with Crippen molar-refractivity contribution in [3.05, 3.63) is 209 Å². The molecule has 0 saturated heterocycles. The van der Waals surface area contributed by atoms with Gasteiger partial charge in [0, 0.05) is 69.6 Å². The first-order chi connectivity index (χ1) is 38.4. The van der Waals surface area contributed by atoms with E-state index in [1.165, 1.54) is 116 Å². The number of nitrogens with zero attached hydrogens (tertiary/aromatic N) is 4. The molecule has 0 saturated carbocycles. The zero-order valence-corrected chi connectivity index (χ0v) is 53.3. The molecule has 0 N–H and O–H groups in total. The van der Waals surface area contributed by atoms with Crippen LogP contribution in [0.25, 0.3) is 78.0 Å². The van der Waals surface area contributed by atoms with Crippen LogP contribution in [0, 0.1) is 31.8 Å². The molecule has 11 aromatic rings. The number of imidazole rings is 1. The Kier molecular flexibility index (Phi) is 14.7. The fourth-order valence-electron chi connectivity index (χ4n) is 12.1. The van der Waals surface area contributed by atoms with Gasteiger partial charge in [-0.05, 0) is 152 Å². The SMILES string of the molecule is CC(C)c1cccc(C(C)C)c1-n1c(-c2[c-]cccc2)nc2ccc(-c3cc4c5c(c3)-n3c6ccc(C(C)(C)C)cc6c6cc(C(C)(C)C)cc(c63)B5c3cc(C(C)(C)C)ccc3S4)cc21.Cc1cnc(-c2[c-]cc(F)cc2)cc1C.[Ir]. The van der Waals surface area contributed by atoms with Gasteiger partial charge in [-0.15, -0.1) is 65.7 Å². The molecule has 5 heterocycles. The molecule has 13 rings (SSSR count). The van der Waals surface area contributed by atoms with Crippen LogP contribution >= 0.6 is 11.8 Å². The number of benzene rings is 8. The van der Waals surface area contributed by atoms with Gasteiger partial charge in [-0.25, -0.2) is 0 Å². The predicted molar refractivity (Wildman–Crippen MR) is 343 cm³/mol. The molecule has 0 spiro atoms. The molecular formula is C74H72BFIrN4S-2. The van der Waals surface area contributed by atoms with E-state index < -0.39 is 0 Å². The molecule has 1 radical (unpaired) electrons. The van der Waals surface area contributed by atoms with Crippen molar-refractivity contribution in [1.29, 1.82) is 0 Å². The second-order valence-electron chi connectivity index (χ2n) is 26.4. The predicted octanol–water partition coefficient (Wildman–Crippen LogP) is 18.0. The van der Waals surface area contributed by atoms with Crippen LogP contribution in [0.4, 0.5) is 4.39 Å². The number of hydrogen-bond donors (Lipinski definition) is 0. The van der Waals surface area contributed by atoms with Crippen molar-refractivity contribution in [2.24, 2.45) is 0 Å². The minimum atomic E-state index is -0.275. The first-order valence-corrected chi connectivity index (χ1v) is 29.6.